The van der Waals surface area contributed by atoms with Crippen LogP contribution in [0.15, 0.2) is 42.6 Å². The van der Waals surface area contributed by atoms with Crippen LogP contribution in [0.3, 0.4) is 0 Å². The van der Waals surface area contributed by atoms with Gasteiger partial charge in [0.1, 0.15) is 6.54 Å². The van der Waals surface area contributed by atoms with E-state index in [0.717, 1.165) is 5.56 Å². The summed E-state index contributed by atoms with van der Waals surface area (Å²) < 4.78 is 1.26. The van der Waals surface area contributed by atoms with Gasteiger partial charge in [0.05, 0.1) is 17.4 Å². The first-order valence-corrected chi connectivity index (χ1v) is 7.33. The predicted molar refractivity (Wildman–Crippen MR) is 86.0 cm³/mol. The zero-order chi connectivity index (χ0) is 17.0. The number of nitro groups is 1. The Kier molecular flexibility index (Phi) is 4.78. The molecule has 1 heterocycles. The zero-order valence-electron chi connectivity index (χ0n) is 13.4. The van der Waals surface area contributed by atoms with Crippen molar-refractivity contribution in [2.24, 2.45) is 0 Å². The highest BCUT2D eigenvalue weighted by molar-refractivity contribution is 5.76. The second-order valence-corrected chi connectivity index (χ2v) is 6.01. The van der Waals surface area contributed by atoms with Crippen LogP contribution in [0.4, 0.5) is 5.82 Å². The minimum absolute atomic E-state index is 0.0525. The topological polar surface area (TPSA) is 90.1 Å². The lowest BCUT2D eigenvalue weighted by molar-refractivity contribution is -0.389. The smallest absolute Gasteiger partial charge is 0.358 e. The van der Waals surface area contributed by atoms with Gasteiger partial charge in [0, 0.05) is 11.5 Å². The van der Waals surface area contributed by atoms with Gasteiger partial charge in [-0.15, -0.1) is 0 Å². The maximum absolute atomic E-state index is 12.1. The van der Waals surface area contributed by atoms with Crippen LogP contribution in [0.1, 0.15) is 26.3 Å². The molecule has 0 aliphatic heterocycles. The molecule has 2 rings (SSSR count). The summed E-state index contributed by atoms with van der Waals surface area (Å²) in [4.78, 5) is 22.1. The quantitative estimate of drug-likeness (QED) is 0.654. The van der Waals surface area contributed by atoms with Crippen molar-refractivity contribution in [1.82, 2.24) is 15.1 Å². The molecular formula is C16H20N4O3. The second kappa shape index (κ2) is 6.60. The average molecular weight is 316 g/mol. The van der Waals surface area contributed by atoms with Gasteiger partial charge in [-0.2, -0.15) is 4.68 Å². The van der Waals surface area contributed by atoms with Crippen molar-refractivity contribution in [3.8, 4) is 0 Å². The molecule has 1 aromatic carbocycles. The Morgan fingerprint density at radius 1 is 1.35 bits per heavy atom. The summed E-state index contributed by atoms with van der Waals surface area (Å²) in [6.45, 7) is 6.01. The lowest BCUT2D eigenvalue weighted by Crippen LogP contribution is -2.46. The molecule has 0 aliphatic rings. The van der Waals surface area contributed by atoms with E-state index in [1.807, 2.05) is 37.3 Å². The van der Waals surface area contributed by atoms with E-state index in [1.165, 1.54) is 16.9 Å². The molecule has 122 valence electrons. The highest BCUT2D eigenvalue weighted by Gasteiger charge is 2.29. The van der Waals surface area contributed by atoms with E-state index in [-0.39, 0.29) is 29.7 Å². The monoisotopic (exact) mass is 316 g/mol. The van der Waals surface area contributed by atoms with Crippen molar-refractivity contribution in [2.45, 2.75) is 38.8 Å². The lowest BCUT2D eigenvalue weighted by Gasteiger charge is -2.33. The summed E-state index contributed by atoms with van der Waals surface area (Å²) in [5, 5.41) is 17.3. The minimum atomic E-state index is -0.588. The van der Waals surface area contributed by atoms with E-state index in [9.17, 15) is 14.9 Å². The van der Waals surface area contributed by atoms with Gasteiger partial charge >= 0.3 is 5.82 Å². The van der Waals surface area contributed by atoms with E-state index in [4.69, 9.17) is 0 Å². The molecule has 0 saturated carbocycles. The van der Waals surface area contributed by atoms with E-state index in [2.05, 4.69) is 24.3 Å². The van der Waals surface area contributed by atoms with Crippen LogP contribution in [0.5, 0.6) is 0 Å². The highest BCUT2D eigenvalue weighted by atomic mass is 16.6. The molecule has 0 spiro atoms. The van der Waals surface area contributed by atoms with Crippen molar-refractivity contribution in [3.05, 3.63) is 58.3 Å². The number of hydrogen-bond acceptors (Lipinski definition) is 4. The third kappa shape index (κ3) is 3.94. The van der Waals surface area contributed by atoms with Crippen LogP contribution in [0.25, 0.3) is 0 Å². The van der Waals surface area contributed by atoms with E-state index in [0.29, 0.717) is 0 Å². The number of hydrogen-bond donors (Lipinski definition) is 1. The maximum Gasteiger partial charge on any atom is 0.389 e. The highest BCUT2D eigenvalue weighted by Crippen LogP contribution is 2.26. The number of nitrogens with one attached hydrogen (secondary N) is 1. The summed E-state index contributed by atoms with van der Waals surface area (Å²) in [5.74, 6) is -0.505. The third-order valence-corrected chi connectivity index (χ3v) is 4.10. The number of aromatic nitrogens is 2. The van der Waals surface area contributed by atoms with Gasteiger partial charge in [-0.3, -0.25) is 4.79 Å². The molecule has 2 aromatic rings. The van der Waals surface area contributed by atoms with Gasteiger partial charge in [-0.05, 0) is 17.4 Å². The Morgan fingerprint density at radius 2 is 2.00 bits per heavy atom. The van der Waals surface area contributed by atoms with Crippen molar-refractivity contribution < 1.29 is 9.72 Å². The summed E-state index contributed by atoms with van der Waals surface area (Å²) in [6.07, 6.45) is 1.42. The Balaban J connectivity index is 2.00. The first kappa shape index (κ1) is 16.7. The van der Waals surface area contributed by atoms with Gasteiger partial charge in [0.25, 0.3) is 0 Å². The normalized spacial score (nSPS) is 12.7. The van der Waals surface area contributed by atoms with E-state index >= 15 is 0 Å². The number of carbonyl (C=O) groups excluding carboxylic acids is 1. The minimum Gasteiger partial charge on any atom is -0.358 e. The third-order valence-electron chi connectivity index (χ3n) is 4.10. The molecule has 0 fully saturated rings. The van der Waals surface area contributed by atoms with Crippen LogP contribution in [-0.2, 0) is 16.8 Å². The van der Waals surface area contributed by atoms with Crippen LogP contribution >= 0.6 is 0 Å². The van der Waals surface area contributed by atoms with Crippen molar-refractivity contribution in [3.63, 3.8) is 0 Å². The first-order valence-electron chi connectivity index (χ1n) is 7.33. The van der Waals surface area contributed by atoms with E-state index < -0.39 is 4.92 Å². The molecule has 1 N–H and O–H groups in total. The van der Waals surface area contributed by atoms with Crippen LogP contribution < -0.4 is 5.32 Å². The van der Waals surface area contributed by atoms with Crippen molar-refractivity contribution >= 4 is 11.7 Å². The summed E-state index contributed by atoms with van der Waals surface area (Å²) in [6, 6.07) is 11.1. The fourth-order valence-electron chi connectivity index (χ4n) is 2.27. The molecule has 7 nitrogen and oxygen atoms in total. The molecule has 7 heteroatoms. The zero-order valence-corrected chi connectivity index (χ0v) is 13.4. The van der Waals surface area contributed by atoms with Crippen LogP contribution in [0, 0.1) is 10.1 Å². The number of amides is 1. The Bertz CT molecular complexity index is 694. The predicted octanol–water partition coefficient (Wildman–Crippen LogP) is 2.27. The SMILES string of the molecule is CC(NC(=O)Cn1ccc([N+](=O)[O-])n1)C(C)(C)c1ccccc1. The molecule has 23 heavy (non-hydrogen) atoms. The van der Waals surface area contributed by atoms with E-state index in [1.54, 1.807) is 0 Å². The molecule has 0 radical (unpaired) electrons. The number of benzene rings is 1. The van der Waals surface area contributed by atoms with Crippen LogP contribution in [0.2, 0.25) is 0 Å². The summed E-state index contributed by atoms with van der Waals surface area (Å²) in [7, 11) is 0. The molecule has 1 amide bonds. The lowest BCUT2D eigenvalue weighted by atomic mass is 9.78. The largest absolute Gasteiger partial charge is 0.389 e. The van der Waals surface area contributed by atoms with Gasteiger partial charge < -0.3 is 15.4 Å². The molecule has 1 aromatic heterocycles. The fraction of sp³-hybridized carbons (Fsp3) is 0.375. The van der Waals surface area contributed by atoms with Gasteiger partial charge in [-0.1, -0.05) is 44.2 Å². The Labute approximate surface area is 134 Å². The first-order chi connectivity index (χ1) is 10.8. The average Bonchev–Trinajstić information content (AvgIpc) is 2.96. The Morgan fingerprint density at radius 3 is 2.57 bits per heavy atom. The van der Waals surface area contributed by atoms with Crippen molar-refractivity contribution in [1.29, 1.82) is 0 Å². The summed E-state index contributed by atoms with van der Waals surface area (Å²) in [5.41, 5.74) is 0.884. The maximum atomic E-state index is 12.1. The number of rotatable bonds is 6. The molecule has 1 atom stereocenters. The van der Waals surface area contributed by atoms with Gasteiger partial charge in [-0.25, -0.2) is 0 Å². The van der Waals surface area contributed by atoms with Crippen LogP contribution in [-0.4, -0.2) is 26.7 Å². The fourth-order valence-corrected chi connectivity index (χ4v) is 2.27. The standard InChI is InChI=1S/C16H20N4O3/c1-12(16(2,3)13-7-5-4-6-8-13)17-15(21)11-19-10-9-14(18-19)20(22)23/h4-10,12H,11H2,1-3H3,(H,17,21). The molecule has 0 saturated heterocycles. The molecule has 1 unspecified atom stereocenters. The molecule has 0 bridgehead atoms. The van der Waals surface area contributed by atoms with Gasteiger partial charge in [0.2, 0.25) is 5.91 Å². The number of nitrogens with zero attached hydrogens (tertiary/aromatic N) is 3. The molecule has 0 aliphatic carbocycles. The summed E-state index contributed by atoms with van der Waals surface area (Å²) >= 11 is 0. The second-order valence-electron chi connectivity index (χ2n) is 6.01. The van der Waals surface area contributed by atoms with Gasteiger partial charge in [0.15, 0.2) is 0 Å². The number of carbonyl (C=O) groups is 1. The Hall–Kier alpha value is -2.70. The molecular weight excluding hydrogens is 296 g/mol. The van der Waals surface area contributed by atoms with Crippen molar-refractivity contribution in [2.75, 3.05) is 0 Å².